The summed E-state index contributed by atoms with van der Waals surface area (Å²) in [6, 6.07) is 18.5. The lowest BCUT2D eigenvalue weighted by molar-refractivity contribution is -0.153. The lowest BCUT2D eigenvalue weighted by Crippen LogP contribution is -2.68. The lowest BCUT2D eigenvalue weighted by atomic mass is 10.0. The van der Waals surface area contributed by atoms with Crippen LogP contribution in [-0.4, -0.2) is 39.8 Å². The Balaban J connectivity index is 1.66. The fourth-order valence-corrected chi connectivity index (χ4v) is 5.46. The van der Waals surface area contributed by atoms with Crippen LogP contribution in [0.1, 0.15) is 17.2 Å². The molecule has 1 amide bonds. The first-order valence-corrected chi connectivity index (χ1v) is 11.0. The molecule has 2 unspecified atom stereocenters. The highest BCUT2D eigenvalue weighted by Crippen LogP contribution is 2.41. The largest absolute Gasteiger partial charge is 0.448 e. The first-order valence-electron chi connectivity index (χ1n) is 9.05. The van der Waals surface area contributed by atoms with Gasteiger partial charge in [0.15, 0.2) is 6.10 Å². The van der Waals surface area contributed by atoms with Crippen molar-refractivity contribution >= 4 is 47.0 Å². The van der Waals surface area contributed by atoms with Gasteiger partial charge in [-0.25, -0.2) is 9.63 Å². The van der Waals surface area contributed by atoms with Crippen molar-refractivity contribution in [2.24, 2.45) is 0 Å². The third-order valence-electron chi connectivity index (χ3n) is 4.95. The summed E-state index contributed by atoms with van der Waals surface area (Å²) < 4.78 is 5.95. The molecule has 5 nitrogen and oxygen atoms in total. The van der Waals surface area contributed by atoms with E-state index >= 15 is 0 Å². The van der Waals surface area contributed by atoms with Crippen molar-refractivity contribution < 1.29 is 14.3 Å². The Hall–Kier alpha value is -1.99. The lowest BCUT2D eigenvalue weighted by Gasteiger charge is -2.49. The molecule has 2 aliphatic rings. The molecule has 0 radical (unpaired) electrons. The number of fused-ring (bicyclic) bond motifs is 1. The number of hydrogen-bond acceptors (Lipinski definition) is 5. The summed E-state index contributed by atoms with van der Waals surface area (Å²) in [5, 5.41) is -0.249. The van der Waals surface area contributed by atoms with Gasteiger partial charge in [0.05, 0.1) is 0 Å². The Morgan fingerprint density at radius 3 is 2.24 bits per heavy atom. The fourth-order valence-electron chi connectivity index (χ4n) is 3.49. The Morgan fingerprint density at radius 1 is 1.14 bits per heavy atom. The number of esters is 1. The second kappa shape index (κ2) is 8.79. The number of carbonyl (C=O) groups is 2. The number of benzene rings is 2. The summed E-state index contributed by atoms with van der Waals surface area (Å²) >= 11 is 13.3. The molecule has 4 rings (SSSR count). The van der Waals surface area contributed by atoms with Crippen LogP contribution in [0, 0.1) is 0 Å². The maximum absolute atomic E-state index is 13.3. The normalized spacial score (nSPS) is 21.1. The predicted octanol–water partition coefficient (Wildman–Crippen LogP) is 3.84. The molecule has 0 bridgehead atoms. The van der Waals surface area contributed by atoms with E-state index in [1.165, 1.54) is 16.7 Å². The molecule has 150 valence electrons. The van der Waals surface area contributed by atoms with Crippen molar-refractivity contribution in [3.05, 3.63) is 83.1 Å². The van der Waals surface area contributed by atoms with E-state index in [1.807, 2.05) is 60.7 Å². The summed E-state index contributed by atoms with van der Waals surface area (Å²) in [6.45, 7) is 0. The van der Waals surface area contributed by atoms with Crippen molar-refractivity contribution in [3.8, 4) is 0 Å². The van der Waals surface area contributed by atoms with E-state index < -0.39 is 18.1 Å². The fraction of sp³-hybridized carbons (Fsp3) is 0.238. The van der Waals surface area contributed by atoms with Crippen molar-refractivity contribution in [2.75, 3.05) is 11.6 Å². The van der Waals surface area contributed by atoms with Crippen LogP contribution in [-0.2, 0) is 14.3 Å². The molecule has 2 heterocycles. The molecule has 2 aromatic carbocycles. The molecular weight excluding hydrogens is 431 g/mol. The summed E-state index contributed by atoms with van der Waals surface area (Å²) in [7, 11) is 0. The Bertz CT molecular complexity index is 900. The summed E-state index contributed by atoms with van der Waals surface area (Å²) in [5.74, 6) is -0.139. The van der Waals surface area contributed by atoms with Crippen LogP contribution in [0.4, 0.5) is 0 Å². The molecule has 1 saturated heterocycles. The highest BCUT2D eigenvalue weighted by Gasteiger charge is 2.53. The van der Waals surface area contributed by atoms with Gasteiger partial charge < -0.3 is 4.74 Å². The molecular formula is C21H18Cl2N2O3S. The first-order chi connectivity index (χ1) is 14.2. The third kappa shape index (κ3) is 3.78. The van der Waals surface area contributed by atoms with Gasteiger partial charge >= 0.3 is 5.97 Å². The number of nitrogens with one attached hydrogen (secondary N) is 1. The molecule has 2 aliphatic heterocycles. The van der Waals surface area contributed by atoms with Crippen LogP contribution >= 0.6 is 35.1 Å². The summed E-state index contributed by atoms with van der Waals surface area (Å²) in [6.07, 6.45) is -0.597. The van der Waals surface area contributed by atoms with Crippen LogP contribution in [0.15, 0.2) is 71.9 Å². The number of halogens is 2. The number of hydrogen-bond donors (Lipinski definition) is 1. The zero-order valence-electron chi connectivity index (χ0n) is 15.3. The van der Waals surface area contributed by atoms with Crippen molar-refractivity contribution in [1.82, 2.24) is 9.74 Å². The maximum Gasteiger partial charge on any atom is 0.356 e. The molecule has 8 heteroatoms. The van der Waals surface area contributed by atoms with Crippen LogP contribution < -0.4 is 4.84 Å². The van der Waals surface area contributed by atoms with Gasteiger partial charge in [-0.3, -0.25) is 9.69 Å². The average molecular weight is 449 g/mol. The first kappa shape index (κ1) is 20.3. The van der Waals surface area contributed by atoms with Gasteiger partial charge in [0, 0.05) is 11.6 Å². The van der Waals surface area contributed by atoms with Crippen molar-refractivity contribution in [2.45, 2.75) is 17.5 Å². The minimum absolute atomic E-state index is 0.147. The molecule has 29 heavy (non-hydrogen) atoms. The Labute approximate surface area is 183 Å². The van der Waals surface area contributed by atoms with E-state index in [0.29, 0.717) is 11.3 Å². The SMILES string of the molecule is O=C(OC(c1ccccc1)c1ccccc1)C1=C(CCl)CSC2C(NCl)C(=O)N12. The van der Waals surface area contributed by atoms with Gasteiger partial charge in [0.1, 0.15) is 17.1 Å². The highest BCUT2D eigenvalue weighted by molar-refractivity contribution is 8.00. The molecule has 0 saturated carbocycles. The zero-order valence-corrected chi connectivity index (χ0v) is 17.6. The Morgan fingerprint density at radius 2 is 1.72 bits per heavy atom. The summed E-state index contributed by atoms with van der Waals surface area (Å²) in [5.41, 5.74) is 2.60. The van der Waals surface area contributed by atoms with Gasteiger partial charge in [0.2, 0.25) is 5.91 Å². The van der Waals surface area contributed by atoms with Crippen LogP contribution in [0.5, 0.6) is 0 Å². The average Bonchev–Trinajstić information content (AvgIpc) is 2.77. The minimum Gasteiger partial charge on any atom is -0.448 e. The second-order valence-electron chi connectivity index (χ2n) is 6.69. The molecule has 1 fully saturated rings. The Kier molecular flexibility index (Phi) is 6.15. The van der Waals surface area contributed by atoms with Crippen LogP contribution in [0.3, 0.4) is 0 Å². The monoisotopic (exact) mass is 448 g/mol. The summed E-state index contributed by atoms with van der Waals surface area (Å²) in [4.78, 5) is 29.7. The molecule has 1 N–H and O–H groups in total. The van der Waals surface area contributed by atoms with E-state index in [0.717, 1.165) is 11.1 Å². The smallest absolute Gasteiger partial charge is 0.356 e. The number of carbonyl (C=O) groups excluding carboxylic acids is 2. The topological polar surface area (TPSA) is 58.6 Å². The molecule has 0 spiro atoms. The quantitative estimate of drug-likeness (QED) is 0.314. The highest BCUT2D eigenvalue weighted by atomic mass is 35.5. The number of nitrogens with zero attached hydrogens (tertiary/aromatic N) is 1. The standard InChI is InChI=1S/C21H18Cl2N2O3S/c22-11-15-12-29-20-16(24-23)19(26)25(20)17(15)21(27)28-18(13-7-3-1-4-8-13)14-9-5-2-6-10-14/h1-10,16,18,20,24H,11-12H2. The van der Waals surface area contributed by atoms with Gasteiger partial charge in [-0.2, -0.15) is 0 Å². The zero-order chi connectivity index (χ0) is 20.4. The van der Waals surface area contributed by atoms with Crippen molar-refractivity contribution in [1.29, 1.82) is 0 Å². The number of alkyl halides is 1. The van der Waals surface area contributed by atoms with Gasteiger partial charge in [-0.1, -0.05) is 60.7 Å². The number of rotatable bonds is 6. The predicted molar refractivity (Wildman–Crippen MR) is 114 cm³/mol. The van der Waals surface area contributed by atoms with Crippen LogP contribution in [0.25, 0.3) is 0 Å². The van der Waals surface area contributed by atoms with Gasteiger partial charge in [-0.05, 0) is 28.5 Å². The van der Waals surface area contributed by atoms with E-state index in [9.17, 15) is 9.59 Å². The van der Waals surface area contributed by atoms with Gasteiger partial charge in [0.25, 0.3) is 0 Å². The van der Waals surface area contributed by atoms with Gasteiger partial charge in [-0.15, -0.1) is 23.4 Å². The van der Waals surface area contributed by atoms with E-state index in [4.69, 9.17) is 28.1 Å². The van der Waals surface area contributed by atoms with Crippen molar-refractivity contribution in [3.63, 3.8) is 0 Å². The maximum atomic E-state index is 13.3. The number of ether oxygens (including phenoxy) is 1. The minimum atomic E-state index is -0.597. The molecule has 0 aromatic heterocycles. The molecule has 2 aromatic rings. The molecule has 2 atom stereocenters. The molecule has 0 aliphatic carbocycles. The number of β-lactam (4-membered cyclic amide) rings is 1. The van der Waals surface area contributed by atoms with E-state index in [-0.39, 0.29) is 22.9 Å². The second-order valence-corrected chi connectivity index (χ2v) is 8.28. The number of amides is 1. The van der Waals surface area contributed by atoms with E-state index in [2.05, 4.69) is 4.84 Å². The van der Waals surface area contributed by atoms with E-state index in [1.54, 1.807) is 0 Å². The number of thioether (sulfide) groups is 1. The van der Waals surface area contributed by atoms with Crippen LogP contribution in [0.2, 0.25) is 0 Å². The third-order valence-corrected chi connectivity index (χ3v) is 6.85.